The van der Waals surface area contributed by atoms with Crippen LogP contribution in [0.15, 0.2) is 67.0 Å². The molecule has 0 fully saturated rings. The first kappa shape index (κ1) is 23.2. The van der Waals surface area contributed by atoms with Gasteiger partial charge in [0.2, 0.25) is 5.88 Å². The number of carboxylic acid groups (broad SMARTS) is 1. The predicted molar refractivity (Wildman–Crippen MR) is 109 cm³/mol. The molecule has 0 aliphatic carbocycles. The van der Waals surface area contributed by atoms with Crippen molar-refractivity contribution in [3.63, 3.8) is 0 Å². The monoisotopic (exact) mass is 429 g/mol. The maximum Gasteiger partial charge on any atom is 0.490 e. The van der Waals surface area contributed by atoms with Crippen LogP contribution in [-0.4, -0.2) is 27.2 Å². The fourth-order valence-electron chi connectivity index (χ4n) is 2.05. The highest BCUT2D eigenvalue weighted by atomic mass is 19.4. The van der Waals surface area contributed by atoms with Gasteiger partial charge in [-0.1, -0.05) is 24.8 Å². The highest BCUT2D eigenvalue weighted by molar-refractivity contribution is 5.73. The molecule has 0 saturated carbocycles. The van der Waals surface area contributed by atoms with Gasteiger partial charge in [-0.05, 0) is 48.5 Å². The SMILES string of the molecule is CCC#Cc1cccnc1Oc1ccc(Nc2ccccn2)cc1.O=C(O)C(F)(F)F. The molecule has 2 heterocycles. The van der Waals surface area contributed by atoms with Gasteiger partial charge >= 0.3 is 12.1 Å². The summed E-state index contributed by atoms with van der Waals surface area (Å²) in [6.45, 7) is 2.01. The van der Waals surface area contributed by atoms with Gasteiger partial charge in [0.15, 0.2) is 0 Å². The van der Waals surface area contributed by atoms with E-state index in [2.05, 4.69) is 27.1 Å². The maximum atomic E-state index is 10.6. The zero-order valence-electron chi connectivity index (χ0n) is 16.3. The van der Waals surface area contributed by atoms with Crippen LogP contribution in [-0.2, 0) is 4.79 Å². The largest absolute Gasteiger partial charge is 0.490 e. The van der Waals surface area contributed by atoms with Gasteiger partial charge < -0.3 is 15.2 Å². The molecule has 0 bridgehead atoms. The average molecular weight is 429 g/mol. The summed E-state index contributed by atoms with van der Waals surface area (Å²) in [7, 11) is 0. The smallest absolute Gasteiger partial charge is 0.475 e. The van der Waals surface area contributed by atoms with Crippen molar-refractivity contribution in [2.75, 3.05) is 5.32 Å². The molecule has 31 heavy (non-hydrogen) atoms. The summed E-state index contributed by atoms with van der Waals surface area (Å²) in [5, 5.41) is 10.4. The lowest BCUT2D eigenvalue weighted by molar-refractivity contribution is -0.192. The molecule has 0 saturated heterocycles. The van der Waals surface area contributed by atoms with Crippen LogP contribution in [0.2, 0.25) is 0 Å². The first-order chi connectivity index (χ1) is 14.8. The average Bonchev–Trinajstić information content (AvgIpc) is 2.75. The molecular weight excluding hydrogens is 411 g/mol. The number of aliphatic carboxylic acids is 1. The number of pyridine rings is 2. The molecule has 9 heteroatoms. The summed E-state index contributed by atoms with van der Waals surface area (Å²) >= 11 is 0. The number of carbonyl (C=O) groups is 1. The second-order valence-corrected chi connectivity index (χ2v) is 5.78. The van der Waals surface area contributed by atoms with E-state index in [0.29, 0.717) is 11.6 Å². The Morgan fingerprint density at radius 3 is 2.32 bits per heavy atom. The number of ether oxygens (including phenoxy) is 1. The van der Waals surface area contributed by atoms with Crippen molar-refractivity contribution in [1.29, 1.82) is 0 Å². The van der Waals surface area contributed by atoms with Gasteiger partial charge in [-0.15, -0.1) is 0 Å². The first-order valence-corrected chi connectivity index (χ1v) is 8.99. The number of aromatic nitrogens is 2. The highest BCUT2D eigenvalue weighted by Gasteiger charge is 2.38. The van der Waals surface area contributed by atoms with E-state index in [9.17, 15) is 13.2 Å². The summed E-state index contributed by atoms with van der Waals surface area (Å²) in [6.07, 6.45) is -0.842. The van der Waals surface area contributed by atoms with E-state index >= 15 is 0 Å². The Bertz CT molecular complexity index is 1040. The Labute approximate surface area is 176 Å². The summed E-state index contributed by atoms with van der Waals surface area (Å²) in [5.41, 5.74) is 1.73. The van der Waals surface area contributed by atoms with E-state index in [1.807, 2.05) is 61.5 Å². The minimum Gasteiger partial charge on any atom is -0.475 e. The molecule has 6 nitrogen and oxygen atoms in total. The van der Waals surface area contributed by atoms with Crippen LogP contribution in [0.4, 0.5) is 24.7 Å². The number of alkyl halides is 3. The number of halogens is 3. The van der Waals surface area contributed by atoms with E-state index < -0.39 is 12.1 Å². The van der Waals surface area contributed by atoms with Gasteiger partial charge in [0, 0.05) is 24.5 Å². The Morgan fingerprint density at radius 2 is 1.74 bits per heavy atom. The van der Waals surface area contributed by atoms with Crippen molar-refractivity contribution in [1.82, 2.24) is 9.97 Å². The van der Waals surface area contributed by atoms with Crippen molar-refractivity contribution < 1.29 is 27.8 Å². The molecule has 160 valence electrons. The molecule has 2 N–H and O–H groups in total. The van der Waals surface area contributed by atoms with Gasteiger partial charge in [0.05, 0.1) is 5.56 Å². The van der Waals surface area contributed by atoms with E-state index in [0.717, 1.165) is 23.5 Å². The Kier molecular flexibility index (Phi) is 8.40. The summed E-state index contributed by atoms with van der Waals surface area (Å²) in [4.78, 5) is 17.4. The molecule has 3 rings (SSSR count). The lowest BCUT2D eigenvalue weighted by Crippen LogP contribution is -2.21. The second kappa shape index (κ2) is 11.2. The van der Waals surface area contributed by atoms with Crippen LogP contribution >= 0.6 is 0 Å². The zero-order chi connectivity index (χ0) is 22.7. The van der Waals surface area contributed by atoms with Gasteiger partial charge in [-0.2, -0.15) is 13.2 Å². The van der Waals surface area contributed by atoms with E-state index in [-0.39, 0.29) is 0 Å². The number of benzene rings is 1. The van der Waals surface area contributed by atoms with Crippen molar-refractivity contribution in [3.8, 4) is 23.5 Å². The lowest BCUT2D eigenvalue weighted by atomic mass is 10.2. The standard InChI is InChI=1S/C20H17N3O.C2HF3O2/c1-2-3-7-16-8-6-15-22-20(16)24-18-12-10-17(11-13-18)23-19-9-4-5-14-21-19;3-2(4,5)1(6)7/h4-6,8-15H,2H2,1H3,(H,21,23);(H,6,7). The van der Waals surface area contributed by atoms with Gasteiger partial charge in [-0.3, -0.25) is 0 Å². The second-order valence-electron chi connectivity index (χ2n) is 5.78. The van der Waals surface area contributed by atoms with Crippen LogP contribution in [0.5, 0.6) is 11.6 Å². The maximum absolute atomic E-state index is 10.6. The lowest BCUT2D eigenvalue weighted by Gasteiger charge is -2.08. The van der Waals surface area contributed by atoms with E-state index in [1.165, 1.54) is 0 Å². The van der Waals surface area contributed by atoms with Crippen molar-refractivity contribution in [2.24, 2.45) is 0 Å². The number of hydrogen-bond acceptors (Lipinski definition) is 5. The van der Waals surface area contributed by atoms with Crippen molar-refractivity contribution in [2.45, 2.75) is 19.5 Å². The molecule has 2 aromatic heterocycles. The molecule has 0 aliphatic rings. The number of anilines is 2. The fourth-order valence-corrected chi connectivity index (χ4v) is 2.05. The summed E-state index contributed by atoms with van der Waals surface area (Å²) < 4.78 is 37.6. The fraction of sp³-hybridized carbons (Fsp3) is 0.136. The molecule has 0 amide bonds. The number of carboxylic acids is 1. The highest BCUT2D eigenvalue weighted by Crippen LogP contribution is 2.24. The third-order valence-corrected chi connectivity index (χ3v) is 3.42. The van der Waals surface area contributed by atoms with E-state index in [4.69, 9.17) is 14.6 Å². The molecule has 0 spiro atoms. The van der Waals surface area contributed by atoms with E-state index in [1.54, 1.807) is 12.4 Å². The van der Waals surface area contributed by atoms with Crippen LogP contribution in [0.3, 0.4) is 0 Å². The third-order valence-electron chi connectivity index (χ3n) is 3.42. The van der Waals surface area contributed by atoms with Crippen LogP contribution in [0, 0.1) is 11.8 Å². The molecule has 3 aromatic rings. The number of hydrogen-bond donors (Lipinski definition) is 2. The molecule has 0 unspecified atom stereocenters. The Hall–Kier alpha value is -4.06. The van der Waals surface area contributed by atoms with Crippen molar-refractivity contribution >= 4 is 17.5 Å². The topological polar surface area (TPSA) is 84.3 Å². The van der Waals surface area contributed by atoms with Crippen LogP contribution in [0.1, 0.15) is 18.9 Å². The Morgan fingerprint density at radius 1 is 1.06 bits per heavy atom. The van der Waals surface area contributed by atoms with Crippen molar-refractivity contribution in [3.05, 3.63) is 72.6 Å². The first-order valence-electron chi connectivity index (χ1n) is 8.99. The van der Waals surface area contributed by atoms with Gasteiger partial charge in [0.25, 0.3) is 0 Å². The molecular formula is C22H18F3N3O3. The minimum atomic E-state index is -5.08. The summed E-state index contributed by atoms with van der Waals surface area (Å²) in [6, 6.07) is 17.1. The molecule has 0 radical (unpaired) electrons. The third kappa shape index (κ3) is 8.06. The van der Waals surface area contributed by atoms with Crippen LogP contribution in [0.25, 0.3) is 0 Å². The molecule has 0 atom stereocenters. The van der Waals surface area contributed by atoms with Gasteiger partial charge in [0.1, 0.15) is 11.6 Å². The van der Waals surface area contributed by atoms with Gasteiger partial charge in [-0.25, -0.2) is 14.8 Å². The Balaban J connectivity index is 0.000000423. The predicted octanol–water partition coefficient (Wildman–Crippen LogP) is 5.41. The minimum absolute atomic E-state index is 0.517. The summed E-state index contributed by atoms with van der Waals surface area (Å²) in [5.74, 6) is 5.38. The zero-order valence-corrected chi connectivity index (χ0v) is 16.3. The van der Waals surface area contributed by atoms with Crippen LogP contribution < -0.4 is 10.1 Å². The quantitative estimate of drug-likeness (QED) is 0.540. The molecule has 1 aromatic carbocycles. The number of rotatable bonds is 4. The normalized spacial score (nSPS) is 10.1. The number of nitrogens with zero attached hydrogens (tertiary/aromatic N) is 2. The molecule has 0 aliphatic heterocycles. The number of nitrogens with one attached hydrogen (secondary N) is 1.